The van der Waals surface area contributed by atoms with Gasteiger partial charge in [-0.1, -0.05) is 6.07 Å². The van der Waals surface area contributed by atoms with E-state index in [4.69, 9.17) is 0 Å². The molecule has 0 amide bonds. The van der Waals surface area contributed by atoms with Crippen molar-refractivity contribution in [2.24, 2.45) is 11.8 Å². The van der Waals surface area contributed by atoms with Crippen LogP contribution < -0.4 is 0 Å². The van der Waals surface area contributed by atoms with E-state index in [1.165, 1.54) is 25.9 Å². The predicted octanol–water partition coefficient (Wildman–Crippen LogP) is 2.12. The van der Waals surface area contributed by atoms with Crippen LogP contribution in [0.2, 0.25) is 0 Å². The van der Waals surface area contributed by atoms with Crippen LogP contribution in [0.15, 0.2) is 17.5 Å². The fourth-order valence-electron chi connectivity index (χ4n) is 3.04. The quantitative estimate of drug-likeness (QED) is 0.830. The molecule has 0 aromatic carbocycles. The van der Waals surface area contributed by atoms with E-state index in [2.05, 4.69) is 16.3 Å². The summed E-state index contributed by atoms with van der Waals surface area (Å²) >= 11 is 1.68. The Labute approximate surface area is 94.5 Å². The zero-order chi connectivity index (χ0) is 10.3. The SMILES string of the molecule is OC(c1cccs1)C1CN2CCC1CC2. The highest BCUT2D eigenvalue weighted by atomic mass is 32.1. The fraction of sp³-hybridized carbons (Fsp3) is 0.667. The average Bonchev–Trinajstić information content (AvgIpc) is 2.83. The third-order valence-electron chi connectivity index (χ3n) is 3.95. The van der Waals surface area contributed by atoms with Gasteiger partial charge in [0, 0.05) is 17.3 Å². The number of piperidine rings is 3. The van der Waals surface area contributed by atoms with E-state index >= 15 is 0 Å². The maximum atomic E-state index is 10.3. The molecule has 0 saturated carbocycles. The Bertz CT molecular complexity index is 316. The Balaban J connectivity index is 1.77. The van der Waals surface area contributed by atoms with Gasteiger partial charge in [-0.3, -0.25) is 0 Å². The minimum absolute atomic E-state index is 0.224. The van der Waals surface area contributed by atoms with E-state index in [9.17, 15) is 5.11 Å². The maximum Gasteiger partial charge on any atom is 0.0924 e. The molecule has 0 spiro atoms. The van der Waals surface area contributed by atoms with Crippen molar-refractivity contribution in [2.45, 2.75) is 18.9 Å². The van der Waals surface area contributed by atoms with E-state index in [1.807, 2.05) is 6.07 Å². The number of aliphatic hydroxyl groups excluding tert-OH is 1. The molecule has 1 aromatic rings. The molecule has 1 aromatic heterocycles. The van der Waals surface area contributed by atoms with Crippen molar-refractivity contribution in [3.05, 3.63) is 22.4 Å². The second-order valence-corrected chi connectivity index (χ2v) is 5.74. The molecule has 82 valence electrons. The third kappa shape index (κ3) is 1.73. The summed E-state index contributed by atoms with van der Waals surface area (Å²) < 4.78 is 0. The van der Waals surface area contributed by atoms with Crippen molar-refractivity contribution >= 4 is 11.3 Å². The minimum Gasteiger partial charge on any atom is -0.387 e. The highest BCUT2D eigenvalue weighted by molar-refractivity contribution is 7.10. The summed E-state index contributed by atoms with van der Waals surface area (Å²) in [5.74, 6) is 1.23. The van der Waals surface area contributed by atoms with Crippen molar-refractivity contribution in [1.82, 2.24) is 4.90 Å². The molecule has 2 nitrogen and oxygen atoms in total. The summed E-state index contributed by atoms with van der Waals surface area (Å²) in [6.45, 7) is 3.60. The lowest BCUT2D eigenvalue weighted by atomic mass is 9.76. The van der Waals surface area contributed by atoms with Crippen molar-refractivity contribution in [1.29, 1.82) is 0 Å². The van der Waals surface area contributed by atoms with E-state index < -0.39 is 0 Å². The normalized spacial score (nSPS) is 36.7. The lowest BCUT2D eigenvalue weighted by molar-refractivity contribution is -0.0249. The van der Waals surface area contributed by atoms with Crippen LogP contribution in [0.4, 0.5) is 0 Å². The van der Waals surface area contributed by atoms with Gasteiger partial charge >= 0.3 is 0 Å². The lowest BCUT2D eigenvalue weighted by Gasteiger charge is -2.46. The van der Waals surface area contributed by atoms with Crippen molar-refractivity contribution < 1.29 is 5.11 Å². The minimum atomic E-state index is -0.224. The van der Waals surface area contributed by atoms with Gasteiger partial charge < -0.3 is 10.0 Å². The average molecular weight is 223 g/mol. The van der Waals surface area contributed by atoms with Crippen molar-refractivity contribution in [3.8, 4) is 0 Å². The molecule has 2 unspecified atom stereocenters. The van der Waals surface area contributed by atoms with Crippen LogP contribution in [0, 0.1) is 11.8 Å². The van der Waals surface area contributed by atoms with Gasteiger partial charge in [-0.2, -0.15) is 0 Å². The summed E-state index contributed by atoms with van der Waals surface area (Å²) in [5.41, 5.74) is 0. The van der Waals surface area contributed by atoms with E-state index in [1.54, 1.807) is 11.3 Å². The van der Waals surface area contributed by atoms with Crippen LogP contribution in [-0.4, -0.2) is 29.6 Å². The first-order valence-corrected chi connectivity index (χ1v) is 6.66. The molecule has 4 heterocycles. The number of rotatable bonds is 2. The molecular formula is C12H17NOS. The molecule has 3 fully saturated rings. The zero-order valence-corrected chi connectivity index (χ0v) is 9.62. The van der Waals surface area contributed by atoms with Gasteiger partial charge in [0.15, 0.2) is 0 Å². The summed E-state index contributed by atoms with van der Waals surface area (Å²) in [6, 6.07) is 4.09. The first-order valence-electron chi connectivity index (χ1n) is 5.78. The molecule has 3 saturated heterocycles. The topological polar surface area (TPSA) is 23.5 Å². The van der Waals surface area contributed by atoms with Gasteiger partial charge in [-0.25, -0.2) is 0 Å². The van der Waals surface area contributed by atoms with Gasteiger partial charge in [0.2, 0.25) is 0 Å². The van der Waals surface area contributed by atoms with E-state index in [-0.39, 0.29) is 6.10 Å². The first-order chi connectivity index (χ1) is 7.34. The summed E-state index contributed by atoms with van der Waals surface area (Å²) in [7, 11) is 0. The van der Waals surface area contributed by atoms with Crippen LogP contribution in [-0.2, 0) is 0 Å². The van der Waals surface area contributed by atoms with E-state index in [0.29, 0.717) is 5.92 Å². The maximum absolute atomic E-state index is 10.3. The van der Waals surface area contributed by atoms with Crippen LogP contribution in [0.25, 0.3) is 0 Å². The number of hydrogen-bond donors (Lipinski definition) is 1. The van der Waals surface area contributed by atoms with Gasteiger partial charge in [0.05, 0.1) is 6.10 Å². The van der Waals surface area contributed by atoms with Crippen LogP contribution >= 0.6 is 11.3 Å². The lowest BCUT2D eigenvalue weighted by Crippen LogP contribution is -2.49. The molecular weight excluding hydrogens is 206 g/mol. The molecule has 2 atom stereocenters. The van der Waals surface area contributed by atoms with Gasteiger partial charge in [-0.15, -0.1) is 11.3 Å². The Morgan fingerprint density at radius 3 is 2.73 bits per heavy atom. The molecule has 1 N–H and O–H groups in total. The summed E-state index contributed by atoms with van der Waals surface area (Å²) in [6.07, 6.45) is 2.35. The van der Waals surface area contributed by atoms with Crippen LogP contribution in [0.1, 0.15) is 23.8 Å². The van der Waals surface area contributed by atoms with Gasteiger partial charge in [0.1, 0.15) is 0 Å². The predicted molar refractivity (Wildman–Crippen MR) is 61.9 cm³/mol. The molecule has 4 rings (SSSR count). The highest BCUT2D eigenvalue weighted by Gasteiger charge is 2.38. The number of thiophene rings is 1. The largest absolute Gasteiger partial charge is 0.387 e. The summed E-state index contributed by atoms with van der Waals surface area (Å²) in [4.78, 5) is 3.65. The molecule has 3 heteroatoms. The zero-order valence-electron chi connectivity index (χ0n) is 8.80. The second-order valence-electron chi connectivity index (χ2n) is 4.76. The molecule has 0 radical (unpaired) electrons. The van der Waals surface area contributed by atoms with Gasteiger partial charge in [-0.05, 0) is 43.3 Å². The Kier molecular flexibility index (Phi) is 2.54. The Hall–Kier alpha value is -0.380. The fourth-order valence-corrected chi connectivity index (χ4v) is 3.82. The monoisotopic (exact) mass is 223 g/mol. The van der Waals surface area contributed by atoms with E-state index in [0.717, 1.165) is 17.3 Å². The summed E-state index contributed by atoms with van der Waals surface area (Å²) in [5, 5.41) is 12.4. The Morgan fingerprint density at radius 2 is 2.20 bits per heavy atom. The Morgan fingerprint density at radius 1 is 1.40 bits per heavy atom. The number of aliphatic hydroxyl groups is 1. The molecule has 15 heavy (non-hydrogen) atoms. The smallest absolute Gasteiger partial charge is 0.0924 e. The van der Waals surface area contributed by atoms with Crippen LogP contribution in [0.5, 0.6) is 0 Å². The first kappa shape index (κ1) is 9.82. The van der Waals surface area contributed by atoms with Gasteiger partial charge in [0.25, 0.3) is 0 Å². The van der Waals surface area contributed by atoms with Crippen molar-refractivity contribution in [2.75, 3.05) is 19.6 Å². The molecule has 0 aliphatic carbocycles. The molecule has 2 bridgehead atoms. The van der Waals surface area contributed by atoms with Crippen molar-refractivity contribution in [3.63, 3.8) is 0 Å². The number of fused-ring (bicyclic) bond motifs is 3. The number of nitrogens with zero attached hydrogens (tertiary/aromatic N) is 1. The standard InChI is InChI=1S/C12H17NOS/c14-12(11-2-1-7-15-11)10-8-13-5-3-9(10)4-6-13/h1-2,7,9-10,12,14H,3-6,8H2. The van der Waals surface area contributed by atoms with Crippen LogP contribution in [0.3, 0.4) is 0 Å². The highest BCUT2D eigenvalue weighted by Crippen LogP contribution is 2.40. The molecule has 3 aliphatic rings. The second kappa shape index (κ2) is 3.89. The molecule has 3 aliphatic heterocycles. The number of hydrogen-bond acceptors (Lipinski definition) is 3. The third-order valence-corrected chi connectivity index (χ3v) is 4.89.